The Morgan fingerprint density at radius 2 is 2.12 bits per heavy atom. The Labute approximate surface area is 102 Å². The molecule has 0 bridgehead atoms. The van der Waals surface area contributed by atoms with Crippen LogP contribution in [0.15, 0.2) is 18.2 Å². The standard InChI is InChI=1S/C13H20N2O2/c1-4-11(14)13(17)15(5-2)12-8-10(16)7-6-9(12)3/h6-8,11,16H,4-5,14H2,1-3H3. The van der Waals surface area contributed by atoms with Gasteiger partial charge < -0.3 is 15.7 Å². The van der Waals surface area contributed by atoms with Crippen LogP contribution in [0.1, 0.15) is 25.8 Å². The molecule has 1 aromatic rings. The molecule has 3 N–H and O–H groups in total. The fraction of sp³-hybridized carbons (Fsp3) is 0.462. The van der Waals surface area contributed by atoms with Gasteiger partial charge in [0.25, 0.3) is 0 Å². The molecule has 4 heteroatoms. The van der Waals surface area contributed by atoms with Crippen molar-refractivity contribution in [3.63, 3.8) is 0 Å². The van der Waals surface area contributed by atoms with Gasteiger partial charge in [-0.1, -0.05) is 13.0 Å². The van der Waals surface area contributed by atoms with Gasteiger partial charge in [0.2, 0.25) is 5.91 Å². The summed E-state index contributed by atoms with van der Waals surface area (Å²) in [7, 11) is 0. The van der Waals surface area contributed by atoms with Gasteiger partial charge in [0.15, 0.2) is 0 Å². The number of likely N-dealkylation sites (N-methyl/N-ethyl adjacent to an activating group) is 1. The summed E-state index contributed by atoms with van der Waals surface area (Å²) in [6.45, 7) is 6.22. The Hall–Kier alpha value is -1.55. The summed E-state index contributed by atoms with van der Waals surface area (Å²) < 4.78 is 0. The fourth-order valence-electron chi connectivity index (χ4n) is 1.71. The molecule has 4 nitrogen and oxygen atoms in total. The second kappa shape index (κ2) is 5.68. The summed E-state index contributed by atoms with van der Waals surface area (Å²) in [5, 5.41) is 9.49. The van der Waals surface area contributed by atoms with Crippen molar-refractivity contribution in [1.29, 1.82) is 0 Å². The van der Waals surface area contributed by atoms with Gasteiger partial charge >= 0.3 is 0 Å². The quantitative estimate of drug-likeness (QED) is 0.837. The second-order valence-corrected chi connectivity index (χ2v) is 4.07. The molecule has 17 heavy (non-hydrogen) atoms. The Kier molecular flexibility index (Phi) is 4.52. The van der Waals surface area contributed by atoms with E-state index >= 15 is 0 Å². The van der Waals surface area contributed by atoms with Crippen LogP contribution >= 0.6 is 0 Å². The molecule has 0 saturated heterocycles. The number of carbonyl (C=O) groups excluding carboxylic acids is 1. The molecule has 0 aliphatic carbocycles. The van der Waals surface area contributed by atoms with Crippen LogP contribution in [0, 0.1) is 6.92 Å². The zero-order chi connectivity index (χ0) is 13.0. The van der Waals surface area contributed by atoms with Crippen LogP contribution in [0.5, 0.6) is 5.75 Å². The predicted octanol–water partition coefficient (Wildman–Crippen LogP) is 1.79. The molecule has 0 radical (unpaired) electrons. The van der Waals surface area contributed by atoms with Gasteiger partial charge in [0, 0.05) is 12.6 Å². The molecule has 1 rings (SSSR count). The van der Waals surface area contributed by atoms with Gasteiger partial charge in [-0.2, -0.15) is 0 Å². The lowest BCUT2D eigenvalue weighted by atomic mass is 10.1. The van der Waals surface area contributed by atoms with Gasteiger partial charge in [0.05, 0.1) is 11.7 Å². The summed E-state index contributed by atoms with van der Waals surface area (Å²) in [5.74, 6) is 0.0469. The highest BCUT2D eigenvalue weighted by molar-refractivity contribution is 5.97. The van der Waals surface area contributed by atoms with Crippen LogP contribution in [0.3, 0.4) is 0 Å². The zero-order valence-electron chi connectivity index (χ0n) is 10.6. The minimum absolute atomic E-state index is 0.108. The molecule has 0 heterocycles. The number of phenols is 1. The van der Waals surface area contributed by atoms with E-state index in [4.69, 9.17) is 5.73 Å². The number of hydrogen-bond acceptors (Lipinski definition) is 3. The number of rotatable bonds is 4. The number of benzene rings is 1. The molecule has 1 aromatic carbocycles. The SMILES string of the molecule is CCC(N)C(=O)N(CC)c1cc(O)ccc1C. The van der Waals surface area contributed by atoms with Crippen LogP contribution < -0.4 is 10.6 Å². The van der Waals surface area contributed by atoms with Gasteiger partial charge in [-0.3, -0.25) is 4.79 Å². The van der Waals surface area contributed by atoms with Crippen molar-refractivity contribution in [3.05, 3.63) is 23.8 Å². The van der Waals surface area contributed by atoms with E-state index in [1.165, 1.54) is 0 Å². The third-order valence-corrected chi connectivity index (χ3v) is 2.82. The molecular weight excluding hydrogens is 216 g/mol. The van der Waals surface area contributed by atoms with Gasteiger partial charge in [-0.15, -0.1) is 0 Å². The fourth-order valence-corrected chi connectivity index (χ4v) is 1.71. The molecular formula is C13H20N2O2. The number of aromatic hydroxyl groups is 1. The number of amides is 1. The van der Waals surface area contributed by atoms with Crippen molar-refractivity contribution in [3.8, 4) is 5.75 Å². The maximum absolute atomic E-state index is 12.1. The topological polar surface area (TPSA) is 66.6 Å². The van der Waals surface area contributed by atoms with Crippen molar-refractivity contribution >= 4 is 11.6 Å². The van der Waals surface area contributed by atoms with E-state index in [0.29, 0.717) is 13.0 Å². The van der Waals surface area contributed by atoms with E-state index in [1.807, 2.05) is 20.8 Å². The maximum Gasteiger partial charge on any atom is 0.243 e. The number of phenolic OH excluding ortho intramolecular Hbond substituents is 1. The normalized spacial score (nSPS) is 12.2. The molecule has 0 spiro atoms. The first-order chi connectivity index (χ1) is 8.01. The minimum atomic E-state index is -0.489. The number of carbonyl (C=O) groups is 1. The lowest BCUT2D eigenvalue weighted by molar-refractivity contribution is -0.119. The van der Waals surface area contributed by atoms with Gasteiger partial charge in [-0.05, 0) is 31.9 Å². The van der Waals surface area contributed by atoms with Crippen LogP contribution in [-0.4, -0.2) is 23.6 Å². The second-order valence-electron chi connectivity index (χ2n) is 4.07. The number of aryl methyl sites for hydroxylation is 1. The number of nitrogens with two attached hydrogens (primary N) is 1. The van der Waals surface area contributed by atoms with Crippen LogP contribution in [-0.2, 0) is 4.79 Å². The minimum Gasteiger partial charge on any atom is -0.508 e. The molecule has 1 atom stereocenters. The Balaban J connectivity index is 3.09. The zero-order valence-corrected chi connectivity index (χ0v) is 10.6. The summed E-state index contributed by atoms with van der Waals surface area (Å²) >= 11 is 0. The van der Waals surface area contributed by atoms with Crippen LogP contribution in [0.2, 0.25) is 0 Å². The summed E-state index contributed by atoms with van der Waals surface area (Å²) in [5.41, 5.74) is 7.43. The first-order valence-corrected chi connectivity index (χ1v) is 5.87. The average Bonchev–Trinajstić information content (AvgIpc) is 2.33. The largest absolute Gasteiger partial charge is 0.508 e. The molecule has 0 saturated carbocycles. The first-order valence-electron chi connectivity index (χ1n) is 5.87. The molecule has 0 aromatic heterocycles. The van der Waals surface area contributed by atoms with Crippen molar-refractivity contribution in [2.75, 3.05) is 11.4 Å². The monoisotopic (exact) mass is 236 g/mol. The predicted molar refractivity (Wildman–Crippen MR) is 69.1 cm³/mol. The number of anilines is 1. The van der Waals surface area contributed by atoms with E-state index in [-0.39, 0.29) is 11.7 Å². The van der Waals surface area contributed by atoms with E-state index in [1.54, 1.807) is 23.1 Å². The first kappa shape index (κ1) is 13.5. The Morgan fingerprint density at radius 1 is 1.47 bits per heavy atom. The number of nitrogens with zero attached hydrogens (tertiary/aromatic N) is 1. The van der Waals surface area contributed by atoms with Gasteiger partial charge in [0.1, 0.15) is 5.75 Å². The molecule has 0 aliphatic heterocycles. The molecule has 0 aliphatic rings. The van der Waals surface area contributed by atoms with Crippen molar-refractivity contribution in [2.24, 2.45) is 5.73 Å². The lowest BCUT2D eigenvalue weighted by Crippen LogP contribution is -2.43. The summed E-state index contributed by atoms with van der Waals surface area (Å²) in [6, 6.07) is 4.50. The third-order valence-electron chi connectivity index (χ3n) is 2.82. The average molecular weight is 236 g/mol. The molecule has 1 unspecified atom stereocenters. The van der Waals surface area contributed by atoms with Gasteiger partial charge in [-0.25, -0.2) is 0 Å². The van der Waals surface area contributed by atoms with E-state index in [9.17, 15) is 9.90 Å². The van der Waals surface area contributed by atoms with Crippen LogP contribution in [0.25, 0.3) is 0 Å². The molecule has 1 amide bonds. The Morgan fingerprint density at radius 3 is 2.65 bits per heavy atom. The third kappa shape index (κ3) is 2.97. The highest BCUT2D eigenvalue weighted by atomic mass is 16.3. The maximum atomic E-state index is 12.1. The van der Waals surface area contributed by atoms with Crippen molar-refractivity contribution in [1.82, 2.24) is 0 Å². The van der Waals surface area contributed by atoms with Crippen LogP contribution in [0.4, 0.5) is 5.69 Å². The number of hydrogen-bond donors (Lipinski definition) is 2. The summed E-state index contributed by atoms with van der Waals surface area (Å²) in [4.78, 5) is 13.7. The highest BCUT2D eigenvalue weighted by Gasteiger charge is 2.21. The Bertz CT molecular complexity index is 404. The molecule has 0 fully saturated rings. The smallest absolute Gasteiger partial charge is 0.243 e. The van der Waals surface area contributed by atoms with E-state index in [2.05, 4.69) is 0 Å². The van der Waals surface area contributed by atoms with E-state index < -0.39 is 6.04 Å². The van der Waals surface area contributed by atoms with Crippen molar-refractivity contribution in [2.45, 2.75) is 33.2 Å². The van der Waals surface area contributed by atoms with Crippen molar-refractivity contribution < 1.29 is 9.90 Å². The lowest BCUT2D eigenvalue weighted by Gasteiger charge is -2.25. The summed E-state index contributed by atoms with van der Waals surface area (Å²) in [6.07, 6.45) is 0.604. The molecule has 94 valence electrons. The van der Waals surface area contributed by atoms with E-state index in [0.717, 1.165) is 11.3 Å². The highest BCUT2D eigenvalue weighted by Crippen LogP contribution is 2.25.